The highest BCUT2D eigenvalue weighted by atomic mass is 16.5. The Bertz CT molecular complexity index is 879. The van der Waals surface area contributed by atoms with E-state index in [4.69, 9.17) is 10.5 Å². The van der Waals surface area contributed by atoms with Crippen molar-refractivity contribution >= 4 is 29.2 Å². The number of amidine groups is 2. The molecule has 0 atom stereocenters. The summed E-state index contributed by atoms with van der Waals surface area (Å²) in [6, 6.07) is 3.52. The molecule has 9 nitrogen and oxygen atoms in total. The molecule has 0 unspecified atom stereocenters. The van der Waals surface area contributed by atoms with Crippen LogP contribution in [-0.2, 0) is 4.74 Å². The monoisotopic (exact) mass is 395 g/mol. The third-order valence-corrected chi connectivity index (χ3v) is 4.30. The lowest BCUT2D eigenvalue weighted by Gasteiger charge is -2.27. The molecule has 9 heteroatoms. The van der Waals surface area contributed by atoms with Gasteiger partial charge in [0, 0.05) is 43.2 Å². The molecule has 2 aliphatic heterocycles. The van der Waals surface area contributed by atoms with Gasteiger partial charge in [0.1, 0.15) is 11.7 Å². The molecule has 4 N–H and O–H groups in total. The number of aromatic nitrogens is 1. The number of dihydropyridines is 1. The van der Waals surface area contributed by atoms with Crippen LogP contribution in [0, 0.1) is 0 Å². The maximum Gasteiger partial charge on any atom is 0.320 e. The van der Waals surface area contributed by atoms with Crippen molar-refractivity contribution in [2.75, 3.05) is 37.7 Å². The van der Waals surface area contributed by atoms with Gasteiger partial charge in [-0.05, 0) is 31.2 Å². The predicted molar refractivity (Wildman–Crippen MR) is 115 cm³/mol. The molecule has 0 bridgehead atoms. The van der Waals surface area contributed by atoms with Crippen LogP contribution in [0.25, 0.3) is 5.70 Å². The van der Waals surface area contributed by atoms with Gasteiger partial charge in [0.05, 0.1) is 18.9 Å². The van der Waals surface area contributed by atoms with Gasteiger partial charge in [-0.1, -0.05) is 6.58 Å². The summed E-state index contributed by atoms with van der Waals surface area (Å²) in [6.45, 7) is 9.33. The zero-order valence-electron chi connectivity index (χ0n) is 16.4. The Labute approximate surface area is 169 Å². The molecule has 3 rings (SSSR count). The third kappa shape index (κ3) is 5.29. The Kier molecular flexibility index (Phi) is 6.75. The van der Waals surface area contributed by atoms with E-state index in [1.165, 1.54) is 6.20 Å². The number of nitrogens with zero attached hydrogens (tertiary/aromatic N) is 4. The highest BCUT2D eigenvalue weighted by Crippen LogP contribution is 2.20. The Hall–Kier alpha value is -3.46. The van der Waals surface area contributed by atoms with E-state index < -0.39 is 0 Å². The molecule has 29 heavy (non-hydrogen) atoms. The summed E-state index contributed by atoms with van der Waals surface area (Å²) < 4.78 is 5.37. The summed E-state index contributed by atoms with van der Waals surface area (Å²) in [5, 5.41) is 5.31. The fraction of sp³-hybridized carbons (Fsp3) is 0.300. The first-order chi connectivity index (χ1) is 14.1. The largest absolute Gasteiger partial charge is 0.403 e. The number of anilines is 1. The van der Waals surface area contributed by atoms with Gasteiger partial charge in [0.25, 0.3) is 0 Å². The molecular formula is C20H25N7O2. The Morgan fingerprint density at radius 1 is 1.38 bits per heavy atom. The van der Waals surface area contributed by atoms with Gasteiger partial charge in [-0.3, -0.25) is 5.32 Å². The second kappa shape index (κ2) is 9.65. The molecule has 0 aromatic carbocycles. The average molecular weight is 395 g/mol. The molecule has 3 heterocycles. The molecule has 152 valence electrons. The minimum absolute atomic E-state index is 0.333. The van der Waals surface area contributed by atoms with Crippen LogP contribution in [0.3, 0.4) is 0 Å². The highest BCUT2D eigenvalue weighted by molar-refractivity contribution is 6.17. The van der Waals surface area contributed by atoms with Gasteiger partial charge in [0.2, 0.25) is 0 Å². The van der Waals surface area contributed by atoms with Crippen LogP contribution in [0.2, 0.25) is 0 Å². The van der Waals surface area contributed by atoms with Crippen molar-refractivity contribution in [3.63, 3.8) is 0 Å². The molecule has 1 aromatic rings. The number of amides is 2. The number of aliphatic imine (C=N–C) groups is 2. The van der Waals surface area contributed by atoms with E-state index in [0.29, 0.717) is 42.7 Å². The first-order valence-corrected chi connectivity index (χ1v) is 9.41. The van der Waals surface area contributed by atoms with Gasteiger partial charge < -0.3 is 20.7 Å². The summed E-state index contributed by atoms with van der Waals surface area (Å²) in [5.41, 5.74) is 7.69. The molecular weight excluding hydrogens is 370 g/mol. The molecule has 1 fully saturated rings. The van der Waals surface area contributed by atoms with Crippen molar-refractivity contribution in [2.24, 2.45) is 15.7 Å². The van der Waals surface area contributed by atoms with Crippen LogP contribution in [0.4, 0.5) is 10.6 Å². The van der Waals surface area contributed by atoms with Crippen LogP contribution in [0.5, 0.6) is 0 Å². The molecule has 1 saturated heterocycles. The minimum atomic E-state index is -0.333. The molecule has 0 aliphatic carbocycles. The van der Waals surface area contributed by atoms with Gasteiger partial charge in [-0.15, -0.1) is 0 Å². The summed E-state index contributed by atoms with van der Waals surface area (Å²) >= 11 is 0. The van der Waals surface area contributed by atoms with Crippen molar-refractivity contribution in [3.8, 4) is 0 Å². The molecule has 0 radical (unpaired) electrons. The lowest BCUT2D eigenvalue weighted by molar-refractivity contribution is 0.122. The zero-order valence-corrected chi connectivity index (χ0v) is 16.4. The lowest BCUT2D eigenvalue weighted by Crippen LogP contribution is -2.39. The van der Waals surface area contributed by atoms with Crippen molar-refractivity contribution in [3.05, 3.63) is 54.4 Å². The van der Waals surface area contributed by atoms with Crippen molar-refractivity contribution in [2.45, 2.75) is 6.92 Å². The second-order valence-corrected chi connectivity index (χ2v) is 6.33. The van der Waals surface area contributed by atoms with E-state index in [0.717, 1.165) is 24.5 Å². The van der Waals surface area contributed by atoms with Crippen molar-refractivity contribution in [1.82, 2.24) is 15.6 Å². The normalized spacial score (nSPS) is 18.6. The highest BCUT2D eigenvalue weighted by Gasteiger charge is 2.14. The first kappa shape index (κ1) is 20.3. The van der Waals surface area contributed by atoms with Crippen LogP contribution < -0.4 is 21.3 Å². The smallest absolute Gasteiger partial charge is 0.320 e. The number of hydrogen-bond acceptors (Lipinski definition) is 6. The molecule has 0 spiro atoms. The molecule has 1 aromatic heterocycles. The van der Waals surface area contributed by atoms with Crippen LogP contribution in [0.15, 0.2) is 58.8 Å². The fourth-order valence-electron chi connectivity index (χ4n) is 2.79. The van der Waals surface area contributed by atoms with Gasteiger partial charge >= 0.3 is 6.03 Å². The number of rotatable bonds is 4. The number of urea groups is 1. The van der Waals surface area contributed by atoms with Crippen LogP contribution >= 0.6 is 0 Å². The first-order valence-electron chi connectivity index (χ1n) is 9.41. The average Bonchev–Trinajstić information content (AvgIpc) is 2.75. The number of carbonyl (C=O) groups excluding carboxylic acids is 1. The van der Waals surface area contributed by atoms with Crippen LogP contribution in [0.1, 0.15) is 12.5 Å². The molecule has 2 amide bonds. The summed E-state index contributed by atoms with van der Waals surface area (Å²) in [6.07, 6.45) is 6.53. The summed E-state index contributed by atoms with van der Waals surface area (Å²) in [7, 11) is 0. The molecule has 2 aliphatic rings. The lowest BCUT2D eigenvalue weighted by atomic mass is 10.2. The van der Waals surface area contributed by atoms with Crippen LogP contribution in [-0.4, -0.2) is 55.5 Å². The third-order valence-electron chi connectivity index (χ3n) is 4.30. The maximum atomic E-state index is 11.7. The number of carbonyl (C=O) groups is 1. The quantitative estimate of drug-likeness (QED) is 0.713. The maximum absolute atomic E-state index is 11.7. The van der Waals surface area contributed by atoms with E-state index in [-0.39, 0.29) is 6.03 Å². The topological polar surface area (TPSA) is 117 Å². The number of ether oxygens (including phenoxy) is 1. The number of morpholine rings is 1. The fourth-order valence-corrected chi connectivity index (χ4v) is 2.79. The number of hydrogen-bond donors (Lipinski definition) is 3. The zero-order chi connectivity index (χ0) is 20.6. The van der Waals surface area contributed by atoms with E-state index in [1.54, 1.807) is 18.3 Å². The van der Waals surface area contributed by atoms with E-state index in [2.05, 4.69) is 37.1 Å². The van der Waals surface area contributed by atoms with Crippen molar-refractivity contribution in [1.29, 1.82) is 0 Å². The Morgan fingerprint density at radius 3 is 2.83 bits per heavy atom. The van der Waals surface area contributed by atoms with Gasteiger partial charge in [0.15, 0.2) is 5.84 Å². The minimum Gasteiger partial charge on any atom is -0.403 e. The number of pyridine rings is 1. The number of nitrogens with one attached hydrogen (secondary N) is 2. The van der Waals surface area contributed by atoms with E-state index in [1.807, 2.05) is 19.1 Å². The Morgan fingerprint density at radius 2 is 2.17 bits per heavy atom. The van der Waals surface area contributed by atoms with Gasteiger partial charge in [-0.2, -0.15) is 0 Å². The van der Waals surface area contributed by atoms with E-state index >= 15 is 0 Å². The SMILES string of the molecule is C=C1C=CC(NC(=O)NCC)=NC1=N/C(=C\N)c1ccc(N2CCOCC2)nc1. The molecule has 0 saturated carbocycles. The standard InChI is InChI=1S/C20H25N7O2/c1-3-22-20(28)26-17-6-4-14(2)19(25-17)24-16(12-21)15-5-7-18(23-13-15)27-8-10-29-11-9-27/h4-7,12-13H,2-3,8-11,21H2,1H3,(H2,22,24,25,26,28)/b16-12-. The summed E-state index contributed by atoms with van der Waals surface area (Å²) in [5.74, 6) is 1.63. The van der Waals surface area contributed by atoms with Gasteiger partial charge in [-0.25, -0.2) is 19.8 Å². The van der Waals surface area contributed by atoms with E-state index in [9.17, 15) is 4.79 Å². The predicted octanol–water partition coefficient (Wildman–Crippen LogP) is 1.42. The van der Waals surface area contributed by atoms with Crippen molar-refractivity contribution < 1.29 is 9.53 Å². The second-order valence-electron chi connectivity index (χ2n) is 6.33. The number of nitrogens with two attached hydrogens (primary N) is 1. The Balaban J connectivity index is 1.77. The summed E-state index contributed by atoms with van der Waals surface area (Å²) in [4.78, 5) is 27.3.